The molecular weight excluding hydrogens is 231 g/mol. The molecule has 0 fully saturated rings. The van der Waals surface area contributed by atoms with Crippen LogP contribution in [0.5, 0.6) is 0 Å². The van der Waals surface area contributed by atoms with Gasteiger partial charge in [-0.1, -0.05) is 26.8 Å². The zero-order chi connectivity index (χ0) is 13.3. The fourth-order valence-corrected chi connectivity index (χ4v) is 2.32. The molecule has 0 spiro atoms. The highest BCUT2D eigenvalue weighted by Crippen LogP contribution is 2.32. The molecule has 0 bridgehead atoms. The van der Waals surface area contributed by atoms with Gasteiger partial charge in [-0.25, -0.2) is 4.39 Å². The van der Waals surface area contributed by atoms with Crippen LogP contribution in [0.25, 0.3) is 0 Å². The fourth-order valence-electron chi connectivity index (χ4n) is 2.32. The maximum absolute atomic E-state index is 13.6. The molecule has 1 unspecified atom stereocenters. The van der Waals surface area contributed by atoms with E-state index in [0.717, 1.165) is 6.42 Å². The Balaban J connectivity index is 2.27. The number of benzene rings is 1. The summed E-state index contributed by atoms with van der Waals surface area (Å²) in [6.07, 6.45) is 1.22. The zero-order valence-electron chi connectivity index (χ0n) is 11.0. The van der Waals surface area contributed by atoms with Gasteiger partial charge in [0.2, 0.25) is 5.91 Å². The first-order valence-electron chi connectivity index (χ1n) is 6.20. The predicted octanol–water partition coefficient (Wildman–Crippen LogP) is 3.38. The molecule has 0 aliphatic carbocycles. The van der Waals surface area contributed by atoms with Crippen LogP contribution >= 0.6 is 0 Å². The van der Waals surface area contributed by atoms with Gasteiger partial charge in [-0.15, -0.1) is 0 Å². The number of para-hydroxylation sites is 1. The Hall–Kier alpha value is -1.58. The lowest BCUT2D eigenvalue weighted by molar-refractivity contribution is -0.116. The summed E-state index contributed by atoms with van der Waals surface area (Å²) in [5.74, 6) is -0.537. The van der Waals surface area contributed by atoms with E-state index < -0.39 is 5.82 Å². The molecule has 1 aromatic carbocycles. The third kappa shape index (κ3) is 3.00. The summed E-state index contributed by atoms with van der Waals surface area (Å²) < 4.78 is 13.6. The molecule has 1 amide bonds. The maximum atomic E-state index is 13.6. The molecule has 0 saturated heterocycles. The first-order valence-corrected chi connectivity index (χ1v) is 6.20. The monoisotopic (exact) mass is 250 g/mol. The second kappa shape index (κ2) is 4.59. The van der Waals surface area contributed by atoms with E-state index in [4.69, 9.17) is 0 Å². The van der Waals surface area contributed by atoms with Gasteiger partial charge in [-0.2, -0.15) is 0 Å². The fraction of sp³-hybridized carbons (Fsp3) is 0.500. The Bertz CT molecular complexity index is 465. The maximum Gasteiger partial charge on any atom is 0.226 e. The molecule has 2 N–H and O–H groups in total. The lowest BCUT2D eigenvalue weighted by Gasteiger charge is -2.25. The van der Waals surface area contributed by atoms with Gasteiger partial charge in [-0.05, 0) is 24.0 Å². The smallest absolute Gasteiger partial charge is 0.226 e. The van der Waals surface area contributed by atoms with Crippen LogP contribution in [0.4, 0.5) is 15.8 Å². The van der Waals surface area contributed by atoms with Crippen molar-refractivity contribution in [3.8, 4) is 0 Å². The highest BCUT2D eigenvalue weighted by atomic mass is 19.1. The van der Waals surface area contributed by atoms with Crippen LogP contribution in [0, 0.1) is 11.2 Å². The van der Waals surface area contributed by atoms with Crippen molar-refractivity contribution < 1.29 is 9.18 Å². The van der Waals surface area contributed by atoms with Gasteiger partial charge in [0.05, 0.1) is 5.69 Å². The molecule has 4 heteroatoms. The van der Waals surface area contributed by atoms with E-state index in [2.05, 4.69) is 31.4 Å². The molecule has 0 saturated carbocycles. The lowest BCUT2D eigenvalue weighted by Crippen LogP contribution is -2.27. The summed E-state index contributed by atoms with van der Waals surface area (Å²) >= 11 is 0. The number of hydrogen-bond donors (Lipinski definition) is 2. The minimum absolute atomic E-state index is 0.0352. The number of fused-ring (bicyclic) bond motifs is 1. The van der Waals surface area contributed by atoms with Gasteiger partial charge in [0.15, 0.2) is 0 Å². The third-order valence-corrected chi connectivity index (χ3v) is 2.93. The Morgan fingerprint density at radius 1 is 1.39 bits per heavy atom. The average Bonchev–Trinajstić information content (AvgIpc) is 2.34. The summed E-state index contributed by atoms with van der Waals surface area (Å²) in [5.41, 5.74) is 1.05. The summed E-state index contributed by atoms with van der Waals surface area (Å²) in [6.45, 7) is 6.39. The molecule has 1 aromatic rings. The van der Waals surface area contributed by atoms with Crippen molar-refractivity contribution in [3.63, 3.8) is 0 Å². The topological polar surface area (TPSA) is 41.1 Å². The van der Waals surface area contributed by atoms with Crippen molar-refractivity contribution in [1.29, 1.82) is 0 Å². The number of rotatable bonds is 1. The number of nitrogens with one attached hydrogen (secondary N) is 2. The number of carbonyl (C=O) groups excluding carboxylic acids is 1. The standard InChI is InChI=1S/C14H19FN2O/c1-14(2,3)8-9-7-12(18)17-13-10(15)5-4-6-11(13)16-9/h4-6,9,16H,7-8H2,1-3H3,(H,17,18). The molecule has 0 radical (unpaired) electrons. The molecule has 1 heterocycles. The average molecular weight is 250 g/mol. The van der Waals surface area contributed by atoms with Crippen LogP contribution < -0.4 is 10.6 Å². The Kier molecular flexibility index (Phi) is 3.28. The van der Waals surface area contributed by atoms with Gasteiger partial charge in [-0.3, -0.25) is 4.79 Å². The van der Waals surface area contributed by atoms with Gasteiger partial charge in [0.1, 0.15) is 11.5 Å². The van der Waals surface area contributed by atoms with E-state index in [9.17, 15) is 9.18 Å². The number of hydrogen-bond acceptors (Lipinski definition) is 2. The van der Waals surface area contributed by atoms with Crippen molar-refractivity contribution >= 4 is 17.3 Å². The summed E-state index contributed by atoms with van der Waals surface area (Å²) in [6, 6.07) is 4.82. The van der Waals surface area contributed by atoms with Crippen LogP contribution in [0.2, 0.25) is 0 Å². The van der Waals surface area contributed by atoms with Gasteiger partial charge < -0.3 is 10.6 Å². The van der Waals surface area contributed by atoms with Crippen LogP contribution in [0.3, 0.4) is 0 Å². The molecule has 1 aliphatic heterocycles. The van der Waals surface area contributed by atoms with Gasteiger partial charge in [0.25, 0.3) is 0 Å². The second-order valence-electron chi connectivity index (χ2n) is 6.02. The van der Waals surface area contributed by atoms with Crippen LogP contribution in [-0.2, 0) is 4.79 Å². The molecule has 1 atom stereocenters. The quantitative estimate of drug-likeness (QED) is 0.802. The molecule has 98 valence electrons. The van der Waals surface area contributed by atoms with Crippen LogP contribution in [0.1, 0.15) is 33.6 Å². The minimum atomic E-state index is -0.398. The first-order chi connectivity index (χ1) is 8.35. The molecule has 2 rings (SSSR count). The number of carbonyl (C=O) groups is 1. The van der Waals surface area contributed by atoms with Crippen molar-refractivity contribution in [1.82, 2.24) is 0 Å². The van der Waals surface area contributed by atoms with Crippen molar-refractivity contribution in [2.24, 2.45) is 5.41 Å². The second-order valence-corrected chi connectivity index (χ2v) is 6.02. The normalized spacial score (nSPS) is 19.6. The first kappa shape index (κ1) is 12.9. The Morgan fingerprint density at radius 3 is 2.78 bits per heavy atom. The van der Waals surface area contributed by atoms with Crippen LogP contribution in [-0.4, -0.2) is 11.9 Å². The molecule has 3 nitrogen and oxygen atoms in total. The minimum Gasteiger partial charge on any atom is -0.380 e. The summed E-state index contributed by atoms with van der Waals surface area (Å²) in [7, 11) is 0. The van der Waals surface area contributed by atoms with E-state index >= 15 is 0 Å². The highest BCUT2D eigenvalue weighted by molar-refractivity contribution is 5.96. The Morgan fingerprint density at radius 2 is 2.11 bits per heavy atom. The van der Waals surface area contributed by atoms with E-state index in [1.165, 1.54) is 6.07 Å². The van der Waals surface area contributed by atoms with Gasteiger partial charge >= 0.3 is 0 Å². The third-order valence-electron chi connectivity index (χ3n) is 2.93. The zero-order valence-corrected chi connectivity index (χ0v) is 11.0. The van der Waals surface area contributed by atoms with Gasteiger partial charge in [0, 0.05) is 12.5 Å². The molecular formula is C14H19FN2O. The number of amides is 1. The van der Waals surface area contributed by atoms with Crippen molar-refractivity contribution in [2.75, 3.05) is 10.6 Å². The lowest BCUT2D eigenvalue weighted by atomic mass is 9.87. The number of halogens is 1. The molecule has 1 aliphatic rings. The SMILES string of the molecule is CC(C)(C)CC1CC(=O)Nc2c(F)cccc2N1. The van der Waals surface area contributed by atoms with E-state index in [-0.39, 0.29) is 23.1 Å². The van der Waals surface area contributed by atoms with Crippen LogP contribution in [0.15, 0.2) is 18.2 Å². The van der Waals surface area contributed by atoms with E-state index in [1.54, 1.807) is 12.1 Å². The largest absolute Gasteiger partial charge is 0.380 e. The Labute approximate surface area is 107 Å². The van der Waals surface area contributed by atoms with E-state index in [1.807, 2.05) is 0 Å². The van der Waals surface area contributed by atoms with E-state index in [0.29, 0.717) is 12.1 Å². The highest BCUT2D eigenvalue weighted by Gasteiger charge is 2.26. The molecule has 18 heavy (non-hydrogen) atoms. The summed E-state index contributed by atoms with van der Waals surface area (Å²) in [4.78, 5) is 11.8. The predicted molar refractivity (Wildman–Crippen MR) is 71.1 cm³/mol. The van der Waals surface area contributed by atoms with Crippen molar-refractivity contribution in [2.45, 2.75) is 39.7 Å². The van der Waals surface area contributed by atoms with Crippen molar-refractivity contribution in [3.05, 3.63) is 24.0 Å². The number of anilines is 2. The summed E-state index contributed by atoms with van der Waals surface area (Å²) in [5, 5.41) is 5.89. The molecule has 0 aromatic heterocycles.